The summed E-state index contributed by atoms with van der Waals surface area (Å²) >= 11 is 0. The van der Waals surface area contributed by atoms with Crippen LogP contribution in [0.2, 0.25) is 0 Å². The van der Waals surface area contributed by atoms with Crippen LogP contribution in [0.4, 0.5) is 0 Å². The SMILES string of the molecule is CC/C=C\C/C=C\C/C=C\C/C=C\C/C=C\C/C=C\C/C=C\CCCCCCCCCCCCCC(=O)NC(COC1OC(CO)C(O)C(O)C1O)C(O)/C=C/CCCCCCCCCCC. The van der Waals surface area contributed by atoms with Crippen molar-refractivity contribution >= 4 is 5.91 Å². The Kier molecular flexibility index (Phi) is 43.4. The van der Waals surface area contributed by atoms with Crippen molar-refractivity contribution < 1.29 is 39.8 Å². The number of aliphatic hydroxyl groups excluding tert-OH is 5. The topological polar surface area (TPSA) is 149 Å². The predicted octanol–water partition coefficient (Wildman–Crippen LogP) is 12.8. The molecule has 0 aromatic heterocycles. The molecule has 67 heavy (non-hydrogen) atoms. The van der Waals surface area contributed by atoms with Crippen molar-refractivity contribution in [2.24, 2.45) is 0 Å². The number of carbonyl (C=O) groups excluding carboxylic acids is 1. The highest BCUT2D eigenvalue weighted by molar-refractivity contribution is 5.76. The van der Waals surface area contributed by atoms with Crippen molar-refractivity contribution in [1.29, 1.82) is 0 Å². The van der Waals surface area contributed by atoms with Crippen LogP contribution in [-0.2, 0) is 14.3 Å². The summed E-state index contributed by atoms with van der Waals surface area (Å²) in [4.78, 5) is 13.0. The smallest absolute Gasteiger partial charge is 0.220 e. The average Bonchev–Trinajstić information content (AvgIpc) is 3.33. The normalized spacial score (nSPS) is 20.5. The molecule has 0 aromatic rings. The molecular weight excluding hydrogens is 839 g/mol. The second-order valence-electron chi connectivity index (χ2n) is 18.3. The average molecular weight is 938 g/mol. The van der Waals surface area contributed by atoms with Gasteiger partial charge >= 0.3 is 0 Å². The number of aliphatic hydroxyl groups is 5. The van der Waals surface area contributed by atoms with Gasteiger partial charge in [-0.1, -0.05) is 220 Å². The monoisotopic (exact) mass is 938 g/mol. The van der Waals surface area contributed by atoms with E-state index in [0.717, 1.165) is 89.9 Å². The largest absolute Gasteiger partial charge is 0.394 e. The summed E-state index contributed by atoms with van der Waals surface area (Å²) in [6, 6.07) is -0.810. The fourth-order valence-electron chi connectivity index (χ4n) is 7.90. The molecule has 1 amide bonds. The summed E-state index contributed by atoms with van der Waals surface area (Å²) < 4.78 is 11.2. The number of allylic oxidation sites excluding steroid dienone is 15. The fourth-order valence-corrected chi connectivity index (χ4v) is 7.90. The number of hydrogen-bond donors (Lipinski definition) is 6. The molecule has 1 fully saturated rings. The van der Waals surface area contributed by atoms with Crippen LogP contribution in [0.15, 0.2) is 97.2 Å². The second kappa shape index (κ2) is 46.8. The van der Waals surface area contributed by atoms with Gasteiger partial charge in [0.25, 0.3) is 0 Å². The summed E-state index contributed by atoms with van der Waals surface area (Å²) in [5.41, 5.74) is 0. The molecule has 1 aliphatic heterocycles. The van der Waals surface area contributed by atoms with Crippen LogP contribution in [0, 0.1) is 0 Å². The number of amides is 1. The fraction of sp³-hybridized carbons (Fsp3) is 0.707. The standard InChI is InChI=1S/C58H99NO8/c1-3-5-7-9-11-13-15-16-17-18-19-20-21-22-23-24-25-26-27-28-29-30-31-32-33-34-35-36-38-40-42-44-46-48-54(62)59-51(50-66-58-57(65)56(64)55(63)53(49-60)67-58)52(61)47-45-43-41-39-37-14-12-10-8-6-4-2/h5,7,11,13,16-17,19-20,22-23,25-26,28-29,45,47,51-53,55-58,60-61,63-65H,3-4,6,8-10,12,14-15,18,21,24,27,30-44,46,48-50H2,1-2H3,(H,59,62)/b7-5-,13-11-,17-16-,20-19-,23-22-,26-25-,29-28-,47-45+. The minimum absolute atomic E-state index is 0.186. The zero-order chi connectivity index (χ0) is 48.7. The number of nitrogens with one attached hydrogen (secondary N) is 1. The van der Waals surface area contributed by atoms with Gasteiger partial charge in [-0.3, -0.25) is 4.79 Å². The summed E-state index contributed by atoms with van der Waals surface area (Å²) in [5.74, 6) is -0.186. The summed E-state index contributed by atoms with van der Waals surface area (Å²) in [6.45, 7) is 3.63. The molecule has 9 heteroatoms. The van der Waals surface area contributed by atoms with E-state index in [-0.39, 0.29) is 12.5 Å². The molecule has 0 radical (unpaired) electrons. The van der Waals surface area contributed by atoms with E-state index in [0.29, 0.717) is 6.42 Å². The first-order valence-corrected chi connectivity index (χ1v) is 27.0. The Hall–Kier alpha value is -2.89. The van der Waals surface area contributed by atoms with E-state index in [9.17, 15) is 30.3 Å². The Morgan fingerprint density at radius 1 is 0.522 bits per heavy atom. The van der Waals surface area contributed by atoms with Crippen molar-refractivity contribution in [1.82, 2.24) is 5.32 Å². The Labute approximate surface area is 409 Å². The molecule has 6 N–H and O–H groups in total. The van der Waals surface area contributed by atoms with Crippen molar-refractivity contribution in [3.63, 3.8) is 0 Å². The van der Waals surface area contributed by atoms with E-state index in [1.807, 2.05) is 6.08 Å². The first kappa shape index (κ1) is 62.1. The summed E-state index contributed by atoms with van der Waals surface area (Å²) in [7, 11) is 0. The van der Waals surface area contributed by atoms with Crippen LogP contribution in [0.5, 0.6) is 0 Å². The van der Waals surface area contributed by atoms with E-state index in [4.69, 9.17) is 9.47 Å². The minimum Gasteiger partial charge on any atom is -0.394 e. The van der Waals surface area contributed by atoms with Gasteiger partial charge in [0.15, 0.2) is 6.29 Å². The lowest BCUT2D eigenvalue weighted by Gasteiger charge is -2.40. The van der Waals surface area contributed by atoms with Crippen molar-refractivity contribution in [3.8, 4) is 0 Å². The molecule has 1 heterocycles. The van der Waals surface area contributed by atoms with Gasteiger partial charge in [0.05, 0.1) is 25.4 Å². The minimum atomic E-state index is -1.57. The Morgan fingerprint density at radius 2 is 0.925 bits per heavy atom. The van der Waals surface area contributed by atoms with Gasteiger partial charge in [-0.25, -0.2) is 0 Å². The van der Waals surface area contributed by atoms with Crippen LogP contribution in [-0.4, -0.2) is 87.5 Å². The van der Waals surface area contributed by atoms with Crippen molar-refractivity contribution in [2.75, 3.05) is 13.2 Å². The molecule has 0 aliphatic carbocycles. The first-order chi connectivity index (χ1) is 32.8. The van der Waals surface area contributed by atoms with Crippen molar-refractivity contribution in [3.05, 3.63) is 97.2 Å². The van der Waals surface area contributed by atoms with Crippen LogP contribution in [0.1, 0.15) is 206 Å². The maximum Gasteiger partial charge on any atom is 0.220 e. The van der Waals surface area contributed by atoms with E-state index in [1.54, 1.807) is 6.08 Å². The van der Waals surface area contributed by atoms with Gasteiger partial charge in [0, 0.05) is 6.42 Å². The molecule has 7 unspecified atom stereocenters. The van der Waals surface area contributed by atoms with Gasteiger partial charge in [0.1, 0.15) is 24.4 Å². The molecular formula is C58H99NO8. The van der Waals surface area contributed by atoms with Crippen molar-refractivity contribution in [2.45, 2.75) is 249 Å². The Bertz CT molecular complexity index is 1370. The van der Waals surface area contributed by atoms with Crippen LogP contribution >= 0.6 is 0 Å². The molecule has 0 spiro atoms. The van der Waals surface area contributed by atoms with E-state index in [2.05, 4.69) is 104 Å². The third kappa shape index (κ3) is 36.7. The number of rotatable bonds is 44. The first-order valence-electron chi connectivity index (χ1n) is 27.0. The lowest BCUT2D eigenvalue weighted by molar-refractivity contribution is -0.302. The highest BCUT2D eigenvalue weighted by Crippen LogP contribution is 2.23. The highest BCUT2D eigenvalue weighted by Gasteiger charge is 2.44. The highest BCUT2D eigenvalue weighted by atomic mass is 16.7. The zero-order valence-electron chi connectivity index (χ0n) is 42.4. The molecule has 0 saturated carbocycles. The Balaban J connectivity index is 2.17. The van der Waals surface area contributed by atoms with Gasteiger partial charge < -0.3 is 40.3 Å². The number of ether oxygens (including phenoxy) is 2. The number of unbranched alkanes of at least 4 members (excludes halogenated alkanes) is 20. The van der Waals surface area contributed by atoms with Gasteiger partial charge in [-0.15, -0.1) is 0 Å². The zero-order valence-corrected chi connectivity index (χ0v) is 42.4. The molecule has 384 valence electrons. The lowest BCUT2D eigenvalue weighted by atomic mass is 9.99. The second-order valence-corrected chi connectivity index (χ2v) is 18.3. The quantitative estimate of drug-likeness (QED) is 0.0261. The number of carbonyl (C=O) groups is 1. The molecule has 9 nitrogen and oxygen atoms in total. The number of hydrogen-bond acceptors (Lipinski definition) is 8. The molecule has 7 atom stereocenters. The Morgan fingerprint density at radius 3 is 1.37 bits per heavy atom. The maximum absolute atomic E-state index is 13.0. The molecule has 0 bridgehead atoms. The summed E-state index contributed by atoms with van der Waals surface area (Å²) in [6.07, 6.45) is 60.4. The van der Waals surface area contributed by atoms with E-state index >= 15 is 0 Å². The molecule has 0 aromatic carbocycles. The van der Waals surface area contributed by atoms with E-state index in [1.165, 1.54) is 96.3 Å². The predicted molar refractivity (Wildman–Crippen MR) is 281 cm³/mol. The third-order valence-corrected chi connectivity index (χ3v) is 12.2. The lowest BCUT2D eigenvalue weighted by Crippen LogP contribution is -2.60. The van der Waals surface area contributed by atoms with Crippen LogP contribution in [0.3, 0.4) is 0 Å². The molecule has 1 saturated heterocycles. The van der Waals surface area contributed by atoms with Crippen LogP contribution in [0.25, 0.3) is 0 Å². The van der Waals surface area contributed by atoms with Gasteiger partial charge in [-0.2, -0.15) is 0 Å². The van der Waals surface area contributed by atoms with Gasteiger partial charge in [-0.05, 0) is 77.0 Å². The third-order valence-electron chi connectivity index (χ3n) is 12.2. The molecule has 1 rings (SSSR count). The van der Waals surface area contributed by atoms with Gasteiger partial charge in [0.2, 0.25) is 5.91 Å². The van der Waals surface area contributed by atoms with Crippen LogP contribution < -0.4 is 5.32 Å². The molecule has 1 aliphatic rings. The van der Waals surface area contributed by atoms with E-state index < -0.39 is 49.5 Å². The summed E-state index contributed by atoms with van der Waals surface area (Å²) in [5, 5.41) is 54.3. The maximum atomic E-state index is 13.0.